The van der Waals surface area contributed by atoms with E-state index in [2.05, 4.69) is 0 Å². The first-order valence-corrected chi connectivity index (χ1v) is 8.51. The minimum absolute atomic E-state index is 0.0127. The molecule has 0 amide bonds. The van der Waals surface area contributed by atoms with Crippen LogP contribution in [0.15, 0.2) is 30.3 Å². The van der Waals surface area contributed by atoms with Crippen molar-refractivity contribution in [3.8, 4) is 5.75 Å². The number of hydrogen-bond donors (Lipinski definition) is 0. The Hall–Kier alpha value is -0.780. The Bertz CT molecular complexity index is 484. The molecule has 0 aromatic heterocycles. The van der Waals surface area contributed by atoms with Gasteiger partial charge in [0, 0.05) is 19.0 Å². The summed E-state index contributed by atoms with van der Waals surface area (Å²) in [7, 11) is -3.18. The molecule has 4 nitrogen and oxygen atoms in total. The van der Waals surface area contributed by atoms with Crippen LogP contribution in [-0.2, 0) is 10.0 Å². The van der Waals surface area contributed by atoms with E-state index >= 15 is 0 Å². The van der Waals surface area contributed by atoms with Crippen LogP contribution < -0.4 is 4.74 Å². The van der Waals surface area contributed by atoms with E-state index in [-0.39, 0.29) is 17.7 Å². The number of benzene rings is 1. The third kappa shape index (κ3) is 4.09. The molecule has 1 fully saturated rings. The lowest BCUT2D eigenvalue weighted by Crippen LogP contribution is -2.42. The SMILES string of the molecule is O=S(=O)(CCCl)N1CCC(Oc2ccccc2)CC1. The Morgan fingerprint density at radius 2 is 1.84 bits per heavy atom. The quantitative estimate of drug-likeness (QED) is 0.783. The standard InChI is InChI=1S/C13H18ClNO3S/c14-8-11-19(16,17)15-9-6-13(7-10-15)18-12-4-2-1-3-5-12/h1-5,13H,6-11H2. The number of rotatable bonds is 5. The van der Waals surface area contributed by atoms with Gasteiger partial charge in [-0.2, -0.15) is 0 Å². The van der Waals surface area contributed by atoms with Crippen LogP contribution in [0.4, 0.5) is 0 Å². The van der Waals surface area contributed by atoms with Gasteiger partial charge in [-0.25, -0.2) is 12.7 Å². The van der Waals surface area contributed by atoms with Crippen molar-refractivity contribution in [1.82, 2.24) is 4.31 Å². The summed E-state index contributed by atoms with van der Waals surface area (Å²) in [5.41, 5.74) is 0. The third-order valence-electron chi connectivity index (χ3n) is 3.18. The summed E-state index contributed by atoms with van der Waals surface area (Å²) in [5, 5.41) is 0. The van der Waals surface area contributed by atoms with Crippen molar-refractivity contribution in [1.29, 1.82) is 0 Å². The van der Waals surface area contributed by atoms with Gasteiger partial charge < -0.3 is 4.74 Å². The number of piperidine rings is 1. The fourth-order valence-corrected chi connectivity index (χ4v) is 3.95. The highest BCUT2D eigenvalue weighted by atomic mass is 35.5. The highest BCUT2D eigenvalue weighted by Gasteiger charge is 2.28. The second-order valence-electron chi connectivity index (χ2n) is 4.53. The van der Waals surface area contributed by atoms with Crippen LogP contribution >= 0.6 is 11.6 Å². The maximum Gasteiger partial charge on any atom is 0.215 e. The summed E-state index contributed by atoms with van der Waals surface area (Å²) >= 11 is 5.51. The molecule has 0 spiro atoms. The summed E-state index contributed by atoms with van der Waals surface area (Å²) in [6.45, 7) is 1.02. The largest absolute Gasteiger partial charge is 0.490 e. The number of para-hydroxylation sites is 1. The molecule has 0 radical (unpaired) electrons. The molecule has 1 aliphatic rings. The molecule has 1 aromatic carbocycles. The first-order valence-electron chi connectivity index (χ1n) is 6.37. The molecular weight excluding hydrogens is 286 g/mol. The van der Waals surface area contributed by atoms with Crippen molar-refractivity contribution in [2.24, 2.45) is 0 Å². The lowest BCUT2D eigenvalue weighted by Gasteiger charge is -2.31. The van der Waals surface area contributed by atoms with Crippen molar-refractivity contribution in [2.45, 2.75) is 18.9 Å². The van der Waals surface area contributed by atoms with Crippen molar-refractivity contribution in [3.63, 3.8) is 0 Å². The van der Waals surface area contributed by atoms with Gasteiger partial charge in [0.05, 0.1) is 5.75 Å². The van der Waals surface area contributed by atoms with E-state index in [1.807, 2.05) is 30.3 Å². The van der Waals surface area contributed by atoms with Crippen LogP contribution in [0.1, 0.15) is 12.8 Å². The van der Waals surface area contributed by atoms with E-state index in [9.17, 15) is 8.42 Å². The van der Waals surface area contributed by atoms with E-state index in [0.29, 0.717) is 13.1 Å². The first kappa shape index (κ1) is 14.6. The van der Waals surface area contributed by atoms with Crippen LogP contribution in [0.2, 0.25) is 0 Å². The second kappa shape index (κ2) is 6.59. The summed E-state index contributed by atoms with van der Waals surface area (Å²) in [4.78, 5) is 0. The molecule has 2 rings (SSSR count). The molecule has 0 saturated carbocycles. The minimum Gasteiger partial charge on any atom is -0.490 e. The highest BCUT2D eigenvalue weighted by Crippen LogP contribution is 2.20. The van der Waals surface area contributed by atoms with Crippen LogP contribution in [0.5, 0.6) is 5.75 Å². The molecule has 0 atom stereocenters. The Labute approximate surface area is 119 Å². The Balaban J connectivity index is 1.86. The van der Waals surface area contributed by atoms with Gasteiger partial charge in [-0.1, -0.05) is 18.2 Å². The van der Waals surface area contributed by atoms with Crippen molar-refractivity contribution in [3.05, 3.63) is 30.3 Å². The molecule has 1 heterocycles. The predicted octanol–water partition coefficient (Wildman–Crippen LogP) is 2.10. The van der Waals surface area contributed by atoms with Crippen LogP contribution in [0.25, 0.3) is 0 Å². The second-order valence-corrected chi connectivity index (χ2v) is 7.00. The molecule has 0 aliphatic carbocycles. The smallest absolute Gasteiger partial charge is 0.215 e. The van der Waals surface area contributed by atoms with Gasteiger partial charge >= 0.3 is 0 Å². The van der Waals surface area contributed by atoms with E-state index in [0.717, 1.165) is 18.6 Å². The summed E-state index contributed by atoms with van der Waals surface area (Å²) in [6.07, 6.45) is 1.53. The van der Waals surface area contributed by atoms with Crippen LogP contribution in [0.3, 0.4) is 0 Å². The van der Waals surface area contributed by atoms with Crippen molar-refractivity contribution < 1.29 is 13.2 Å². The van der Waals surface area contributed by atoms with Crippen molar-refractivity contribution in [2.75, 3.05) is 24.7 Å². The van der Waals surface area contributed by atoms with Crippen LogP contribution in [-0.4, -0.2) is 43.5 Å². The number of hydrogen-bond acceptors (Lipinski definition) is 3. The highest BCUT2D eigenvalue weighted by molar-refractivity contribution is 7.89. The number of sulfonamides is 1. The zero-order chi connectivity index (χ0) is 13.7. The lowest BCUT2D eigenvalue weighted by molar-refractivity contribution is 0.135. The van der Waals surface area contributed by atoms with E-state index < -0.39 is 10.0 Å². The van der Waals surface area contributed by atoms with Gasteiger partial charge in [0.2, 0.25) is 10.0 Å². The Morgan fingerprint density at radius 1 is 1.21 bits per heavy atom. The summed E-state index contributed by atoms with van der Waals surface area (Å²) in [5.74, 6) is 0.992. The summed E-state index contributed by atoms with van der Waals surface area (Å²) < 4.78 is 31.0. The first-order chi connectivity index (χ1) is 9.12. The molecule has 1 aliphatic heterocycles. The summed E-state index contributed by atoms with van der Waals surface area (Å²) in [6, 6.07) is 9.62. The Kier molecular flexibility index (Phi) is 5.07. The molecular formula is C13H18ClNO3S. The molecule has 0 N–H and O–H groups in total. The molecule has 1 aromatic rings. The van der Waals surface area contributed by atoms with Crippen molar-refractivity contribution >= 4 is 21.6 Å². The molecule has 1 saturated heterocycles. The lowest BCUT2D eigenvalue weighted by atomic mass is 10.1. The van der Waals surface area contributed by atoms with Gasteiger partial charge in [0.15, 0.2) is 0 Å². The van der Waals surface area contributed by atoms with Gasteiger partial charge in [0.1, 0.15) is 11.9 Å². The number of alkyl halides is 1. The maximum absolute atomic E-state index is 11.9. The molecule has 106 valence electrons. The van der Waals surface area contributed by atoms with E-state index in [4.69, 9.17) is 16.3 Å². The normalized spacial score (nSPS) is 18.4. The minimum atomic E-state index is -3.18. The number of ether oxygens (including phenoxy) is 1. The predicted molar refractivity (Wildman–Crippen MR) is 76.2 cm³/mol. The maximum atomic E-state index is 11.9. The zero-order valence-corrected chi connectivity index (χ0v) is 12.2. The third-order valence-corrected chi connectivity index (χ3v) is 5.46. The molecule has 19 heavy (non-hydrogen) atoms. The van der Waals surface area contributed by atoms with E-state index in [1.54, 1.807) is 0 Å². The monoisotopic (exact) mass is 303 g/mol. The van der Waals surface area contributed by atoms with Gasteiger partial charge in [-0.15, -0.1) is 11.6 Å². The molecule has 0 bridgehead atoms. The molecule has 6 heteroatoms. The number of halogens is 1. The number of nitrogens with zero attached hydrogens (tertiary/aromatic N) is 1. The zero-order valence-electron chi connectivity index (χ0n) is 10.7. The average Bonchev–Trinajstić information content (AvgIpc) is 2.40. The van der Waals surface area contributed by atoms with Gasteiger partial charge in [-0.3, -0.25) is 0 Å². The van der Waals surface area contributed by atoms with Crippen LogP contribution in [0, 0.1) is 0 Å². The molecule has 0 unspecified atom stereocenters. The van der Waals surface area contributed by atoms with Gasteiger partial charge in [-0.05, 0) is 25.0 Å². The van der Waals surface area contributed by atoms with E-state index in [1.165, 1.54) is 4.31 Å². The topological polar surface area (TPSA) is 46.6 Å². The fourth-order valence-electron chi connectivity index (χ4n) is 2.15. The average molecular weight is 304 g/mol. The Morgan fingerprint density at radius 3 is 2.42 bits per heavy atom. The van der Waals surface area contributed by atoms with Gasteiger partial charge in [0.25, 0.3) is 0 Å². The fraction of sp³-hybridized carbons (Fsp3) is 0.538.